The fourth-order valence-electron chi connectivity index (χ4n) is 3.06. The van der Waals surface area contributed by atoms with Crippen molar-refractivity contribution in [2.45, 2.75) is 70.3 Å². The summed E-state index contributed by atoms with van der Waals surface area (Å²) < 4.78 is 34.6. The lowest BCUT2D eigenvalue weighted by atomic mass is 9.94. The Labute approximate surface area is 169 Å². The second kappa shape index (κ2) is 9.74. The molecule has 7 heteroatoms. The molecule has 0 aliphatic carbocycles. The number of carbonyl (C=O) groups is 1. The Kier molecular flexibility index (Phi) is 7.89. The van der Waals surface area contributed by atoms with Gasteiger partial charge in [0.1, 0.15) is 5.60 Å². The molecule has 1 heterocycles. The monoisotopic (exact) mass is 411 g/mol. The van der Waals surface area contributed by atoms with Crippen LogP contribution in [-0.2, 0) is 19.0 Å². The molecule has 1 aliphatic rings. The molecule has 28 heavy (non-hydrogen) atoms. The highest BCUT2D eigenvalue weighted by atomic mass is 32.2. The zero-order chi connectivity index (χ0) is 20.8. The van der Waals surface area contributed by atoms with Gasteiger partial charge >= 0.3 is 6.09 Å². The molecule has 1 aromatic rings. The Bertz CT molecular complexity index is 731. The molecule has 1 amide bonds. The molecule has 2 rings (SSSR count). The Hall–Kier alpha value is -1.60. The van der Waals surface area contributed by atoms with Crippen LogP contribution in [0.2, 0.25) is 0 Å². The van der Waals surface area contributed by atoms with E-state index in [0.29, 0.717) is 5.92 Å². The van der Waals surface area contributed by atoms with E-state index in [9.17, 15) is 13.2 Å². The Balaban J connectivity index is 1.52. The van der Waals surface area contributed by atoms with E-state index in [2.05, 4.69) is 0 Å². The minimum Gasteiger partial charge on any atom is -0.444 e. The highest BCUT2D eigenvalue weighted by Gasteiger charge is 2.32. The number of hydrogen-bond donors (Lipinski definition) is 0. The van der Waals surface area contributed by atoms with E-state index in [1.165, 1.54) is 0 Å². The summed E-state index contributed by atoms with van der Waals surface area (Å²) in [7, 11) is -3.65. The van der Waals surface area contributed by atoms with Crippen LogP contribution in [0.5, 0.6) is 0 Å². The van der Waals surface area contributed by atoms with Crippen molar-refractivity contribution < 1.29 is 22.1 Å². The van der Waals surface area contributed by atoms with E-state index in [1.54, 1.807) is 29.2 Å². The number of hydrogen-bond acceptors (Lipinski definition) is 5. The van der Waals surface area contributed by atoms with Crippen LogP contribution >= 0.6 is 0 Å². The highest BCUT2D eigenvalue weighted by Crippen LogP contribution is 2.24. The zero-order valence-electron chi connectivity index (χ0n) is 17.4. The van der Waals surface area contributed by atoms with Crippen LogP contribution in [0.4, 0.5) is 4.79 Å². The summed E-state index contributed by atoms with van der Waals surface area (Å²) in [5.74, 6) is 0.547. The van der Waals surface area contributed by atoms with Gasteiger partial charge in [0.25, 0.3) is 10.1 Å². The average molecular weight is 412 g/mol. The second-order valence-electron chi connectivity index (χ2n) is 8.54. The van der Waals surface area contributed by atoms with Crippen molar-refractivity contribution >= 4 is 16.2 Å². The average Bonchev–Trinajstić information content (AvgIpc) is 2.54. The number of carbonyl (C=O) groups excluding carboxylic acids is 1. The third-order valence-electron chi connectivity index (χ3n) is 4.66. The lowest BCUT2D eigenvalue weighted by Gasteiger charge is -2.39. The SMILES string of the molecule is Cc1ccc(S(=O)(=O)OCCCCCCC2CN(C(=O)OC(C)(C)C)C2)cc1. The minimum absolute atomic E-state index is 0.206. The first-order valence-electron chi connectivity index (χ1n) is 10.0. The molecular weight excluding hydrogens is 378 g/mol. The van der Waals surface area contributed by atoms with Crippen LogP contribution in [0.15, 0.2) is 29.2 Å². The van der Waals surface area contributed by atoms with Crippen molar-refractivity contribution in [2.75, 3.05) is 19.7 Å². The maximum absolute atomic E-state index is 12.1. The first kappa shape index (κ1) is 22.7. The largest absolute Gasteiger partial charge is 0.444 e. The van der Waals surface area contributed by atoms with Gasteiger partial charge in [-0.2, -0.15) is 8.42 Å². The Morgan fingerprint density at radius 1 is 1.07 bits per heavy atom. The van der Waals surface area contributed by atoms with Crippen LogP contribution in [0.3, 0.4) is 0 Å². The molecule has 1 aromatic carbocycles. The van der Waals surface area contributed by atoms with Gasteiger partial charge in [-0.1, -0.05) is 37.0 Å². The highest BCUT2D eigenvalue weighted by molar-refractivity contribution is 7.86. The number of nitrogens with zero attached hydrogens (tertiary/aromatic N) is 1. The maximum Gasteiger partial charge on any atom is 0.410 e. The molecule has 0 unspecified atom stereocenters. The summed E-state index contributed by atoms with van der Waals surface area (Å²) in [6.07, 6.45) is 4.64. The van der Waals surface area contributed by atoms with Gasteiger partial charge in [-0.3, -0.25) is 4.18 Å². The van der Waals surface area contributed by atoms with Crippen LogP contribution in [0.25, 0.3) is 0 Å². The normalized spacial score (nSPS) is 15.4. The molecule has 0 radical (unpaired) electrons. The number of rotatable bonds is 9. The van der Waals surface area contributed by atoms with Crippen molar-refractivity contribution in [1.82, 2.24) is 4.90 Å². The van der Waals surface area contributed by atoms with Crippen molar-refractivity contribution in [3.8, 4) is 0 Å². The first-order valence-corrected chi connectivity index (χ1v) is 11.4. The van der Waals surface area contributed by atoms with Gasteiger partial charge in [-0.05, 0) is 58.6 Å². The summed E-state index contributed by atoms with van der Waals surface area (Å²) in [5.41, 5.74) is 0.566. The topological polar surface area (TPSA) is 72.9 Å². The van der Waals surface area contributed by atoms with E-state index in [1.807, 2.05) is 27.7 Å². The fraction of sp³-hybridized carbons (Fsp3) is 0.667. The van der Waals surface area contributed by atoms with Crippen molar-refractivity contribution in [3.05, 3.63) is 29.8 Å². The lowest BCUT2D eigenvalue weighted by molar-refractivity contribution is -0.00244. The Morgan fingerprint density at radius 2 is 1.68 bits per heavy atom. The molecule has 0 N–H and O–H groups in total. The predicted molar refractivity (Wildman–Crippen MR) is 109 cm³/mol. The van der Waals surface area contributed by atoms with E-state index in [0.717, 1.165) is 50.8 Å². The van der Waals surface area contributed by atoms with E-state index in [-0.39, 0.29) is 17.6 Å². The van der Waals surface area contributed by atoms with Gasteiger partial charge in [0.05, 0.1) is 11.5 Å². The van der Waals surface area contributed by atoms with Gasteiger partial charge in [-0.15, -0.1) is 0 Å². The molecule has 0 aromatic heterocycles. The molecule has 0 spiro atoms. The van der Waals surface area contributed by atoms with Crippen molar-refractivity contribution in [3.63, 3.8) is 0 Å². The molecular formula is C21H33NO5S. The van der Waals surface area contributed by atoms with Crippen molar-refractivity contribution in [1.29, 1.82) is 0 Å². The number of amides is 1. The van der Waals surface area contributed by atoms with Gasteiger partial charge < -0.3 is 9.64 Å². The predicted octanol–water partition coefficient (Wildman–Crippen LogP) is 4.52. The Morgan fingerprint density at radius 3 is 2.29 bits per heavy atom. The van der Waals surface area contributed by atoms with Gasteiger partial charge in [0.15, 0.2) is 0 Å². The van der Waals surface area contributed by atoms with E-state index < -0.39 is 15.7 Å². The van der Waals surface area contributed by atoms with Gasteiger partial charge in [0.2, 0.25) is 0 Å². The summed E-state index contributed by atoms with van der Waals surface area (Å²) in [4.78, 5) is 13.8. The smallest absolute Gasteiger partial charge is 0.410 e. The van der Waals surface area contributed by atoms with Crippen LogP contribution in [-0.4, -0.2) is 44.7 Å². The number of ether oxygens (including phenoxy) is 1. The molecule has 6 nitrogen and oxygen atoms in total. The van der Waals surface area contributed by atoms with Gasteiger partial charge in [-0.25, -0.2) is 4.79 Å². The third-order valence-corrected chi connectivity index (χ3v) is 5.99. The third kappa shape index (κ3) is 7.43. The number of unbranched alkanes of at least 4 members (excludes halogenated alkanes) is 3. The quantitative estimate of drug-likeness (QED) is 0.441. The first-order chi connectivity index (χ1) is 13.1. The summed E-state index contributed by atoms with van der Waals surface area (Å²) in [6, 6.07) is 6.68. The molecule has 1 fully saturated rings. The number of aryl methyl sites for hydroxylation is 1. The molecule has 0 saturated carbocycles. The van der Waals surface area contributed by atoms with Gasteiger partial charge in [0, 0.05) is 13.1 Å². The summed E-state index contributed by atoms with van der Waals surface area (Å²) in [6.45, 7) is 9.29. The van der Waals surface area contributed by atoms with E-state index in [4.69, 9.17) is 8.92 Å². The van der Waals surface area contributed by atoms with Crippen LogP contribution < -0.4 is 0 Å². The molecule has 1 saturated heterocycles. The zero-order valence-corrected chi connectivity index (χ0v) is 18.3. The number of likely N-dealkylation sites (tertiary alicyclic amines) is 1. The van der Waals surface area contributed by atoms with Crippen molar-refractivity contribution in [2.24, 2.45) is 5.92 Å². The summed E-state index contributed by atoms with van der Waals surface area (Å²) >= 11 is 0. The van der Waals surface area contributed by atoms with E-state index >= 15 is 0 Å². The standard InChI is InChI=1S/C21H33NO5S/c1-17-10-12-19(13-11-17)28(24,25)26-14-8-6-5-7-9-18-15-22(16-18)20(23)27-21(2,3)4/h10-13,18H,5-9,14-16H2,1-4H3. The number of benzene rings is 1. The minimum atomic E-state index is -3.65. The lowest BCUT2D eigenvalue weighted by Crippen LogP contribution is -2.51. The van der Waals surface area contributed by atoms with Crippen LogP contribution in [0, 0.1) is 12.8 Å². The molecule has 158 valence electrons. The summed E-state index contributed by atoms with van der Waals surface area (Å²) in [5, 5.41) is 0. The molecule has 0 atom stereocenters. The molecule has 1 aliphatic heterocycles. The molecule has 0 bridgehead atoms. The fourth-order valence-corrected chi connectivity index (χ4v) is 4.00. The second-order valence-corrected chi connectivity index (χ2v) is 10.2. The maximum atomic E-state index is 12.1. The van der Waals surface area contributed by atoms with Crippen LogP contribution in [0.1, 0.15) is 58.4 Å².